The van der Waals surface area contributed by atoms with Crippen LogP contribution in [0.5, 0.6) is 0 Å². The normalized spacial score (nSPS) is 12.9. The van der Waals surface area contributed by atoms with Crippen LogP contribution in [0.4, 0.5) is 8.78 Å². The molecular formula is C8H7Br2F2NO2S. The molecule has 16 heavy (non-hydrogen) atoms. The van der Waals surface area contributed by atoms with Crippen molar-refractivity contribution in [2.75, 3.05) is 6.54 Å². The quantitative estimate of drug-likeness (QED) is 0.846. The topological polar surface area (TPSA) is 49.3 Å². The molecule has 1 heterocycles. The fraction of sp³-hybridized carbons (Fsp3) is 0.375. The first-order valence-corrected chi connectivity index (χ1v) is 6.51. The lowest BCUT2D eigenvalue weighted by Crippen LogP contribution is -2.35. The van der Waals surface area contributed by atoms with Gasteiger partial charge in [0.15, 0.2) is 0 Å². The maximum atomic E-state index is 11.9. The first kappa shape index (κ1) is 14.0. The Morgan fingerprint density at radius 1 is 1.56 bits per heavy atom. The van der Waals surface area contributed by atoms with Gasteiger partial charge in [-0.25, -0.2) is 8.78 Å². The second-order valence-electron chi connectivity index (χ2n) is 2.84. The molecule has 0 aliphatic heterocycles. The lowest BCUT2D eigenvalue weighted by atomic mass is 10.3. The maximum absolute atomic E-state index is 11.9. The van der Waals surface area contributed by atoms with Gasteiger partial charge in [0.05, 0.1) is 8.66 Å². The molecule has 0 fully saturated rings. The van der Waals surface area contributed by atoms with E-state index in [0.717, 1.165) is 8.26 Å². The molecule has 1 amide bonds. The molecule has 0 saturated carbocycles. The number of amides is 1. The molecule has 1 aromatic heterocycles. The van der Waals surface area contributed by atoms with Crippen molar-refractivity contribution < 1.29 is 18.7 Å². The van der Waals surface area contributed by atoms with Crippen molar-refractivity contribution in [1.29, 1.82) is 0 Å². The number of halogens is 4. The molecule has 90 valence electrons. The number of alkyl halides is 2. The van der Waals surface area contributed by atoms with Crippen LogP contribution in [0.1, 0.15) is 9.67 Å². The van der Waals surface area contributed by atoms with Crippen LogP contribution in [0, 0.1) is 0 Å². The summed E-state index contributed by atoms with van der Waals surface area (Å²) in [7, 11) is 0. The summed E-state index contributed by atoms with van der Waals surface area (Å²) in [4.78, 5) is 11.8. The fourth-order valence-corrected chi connectivity index (χ4v) is 2.78. The minimum absolute atomic E-state index is 0.375. The molecule has 1 unspecified atom stereocenters. The van der Waals surface area contributed by atoms with Gasteiger partial charge in [0.1, 0.15) is 6.10 Å². The van der Waals surface area contributed by atoms with E-state index in [1.165, 1.54) is 11.3 Å². The van der Waals surface area contributed by atoms with Gasteiger partial charge in [0.2, 0.25) is 0 Å². The molecule has 0 radical (unpaired) electrons. The second kappa shape index (κ2) is 6.04. The minimum atomic E-state index is -2.86. The van der Waals surface area contributed by atoms with Crippen molar-refractivity contribution in [2.45, 2.75) is 12.5 Å². The highest BCUT2D eigenvalue weighted by molar-refractivity contribution is 9.13. The summed E-state index contributed by atoms with van der Waals surface area (Å²) < 4.78 is 25.3. The van der Waals surface area contributed by atoms with Gasteiger partial charge in [-0.1, -0.05) is 0 Å². The monoisotopic (exact) mass is 377 g/mol. The molecule has 3 nitrogen and oxygen atoms in total. The van der Waals surface area contributed by atoms with Gasteiger partial charge in [-0.3, -0.25) is 4.79 Å². The van der Waals surface area contributed by atoms with Crippen LogP contribution < -0.4 is 5.32 Å². The molecule has 0 aromatic carbocycles. The van der Waals surface area contributed by atoms with Gasteiger partial charge in [-0.15, -0.1) is 11.3 Å². The first-order chi connectivity index (χ1) is 7.41. The first-order valence-electron chi connectivity index (χ1n) is 4.11. The highest BCUT2D eigenvalue weighted by Crippen LogP contribution is 2.32. The Hall–Kier alpha value is -0.0500. The van der Waals surface area contributed by atoms with Crippen molar-refractivity contribution in [1.82, 2.24) is 5.32 Å². The van der Waals surface area contributed by atoms with Crippen LogP contribution in [0.2, 0.25) is 0 Å². The van der Waals surface area contributed by atoms with Crippen molar-refractivity contribution in [3.63, 3.8) is 0 Å². The van der Waals surface area contributed by atoms with E-state index in [1.54, 1.807) is 6.07 Å². The maximum Gasteiger partial charge on any atom is 0.265 e. The predicted molar refractivity (Wildman–Crippen MR) is 64.1 cm³/mol. The lowest BCUT2D eigenvalue weighted by Gasteiger charge is -2.09. The number of aliphatic hydroxyl groups is 1. The predicted octanol–water partition coefficient (Wildman–Crippen LogP) is 2.63. The summed E-state index contributed by atoms with van der Waals surface area (Å²) in [6, 6.07) is 1.57. The number of thiophene rings is 1. The average molecular weight is 379 g/mol. The van der Waals surface area contributed by atoms with E-state index in [4.69, 9.17) is 5.11 Å². The Morgan fingerprint density at radius 3 is 2.62 bits per heavy atom. The summed E-state index contributed by atoms with van der Waals surface area (Å²) >= 11 is 7.58. The summed E-state index contributed by atoms with van der Waals surface area (Å²) in [5, 5.41) is 11.0. The Kier molecular flexibility index (Phi) is 5.29. The van der Waals surface area contributed by atoms with Crippen LogP contribution in [0.25, 0.3) is 0 Å². The molecular weight excluding hydrogens is 372 g/mol. The fourth-order valence-electron chi connectivity index (χ4n) is 0.832. The molecule has 1 rings (SSSR count). The van der Waals surface area contributed by atoms with Crippen LogP contribution >= 0.6 is 43.2 Å². The van der Waals surface area contributed by atoms with E-state index in [-0.39, 0.29) is 0 Å². The van der Waals surface area contributed by atoms with E-state index in [1.807, 2.05) is 0 Å². The van der Waals surface area contributed by atoms with E-state index in [9.17, 15) is 13.6 Å². The van der Waals surface area contributed by atoms with Gasteiger partial charge in [-0.05, 0) is 37.9 Å². The van der Waals surface area contributed by atoms with Gasteiger partial charge >= 0.3 is 0 Å². The number of rotatable bonds is 4. The Bertz CT molecular complexity index is 367. The SMILES string of the molecule is O=C(NCC(O)C(F)F)c1cc(Br)c(Br)s1. The van der Waals surface area contributed by atoms with Gasteiger partial charge in [0.25, 0.3) is 12.3 Å². The third-order valence-corrected chi connectivity index (χ3v) is 4.89. The van der Waals surface area contributed by atoms with Crippen LogP contribution in [0.3, 0.4) is 0 Å². The molecule has 2 N–H and O–H groups in total. The van der Waals surface area contributed by atoms with E-state index >= 15 is 0 Å². The summed E-state index contributed by atoms with van der Waals surface area (Å²) in [6.45, 7) is -0.469. The zero-order valence-corrected chi connectivity index (χ0v) is 11.7. The summed E-state index contributed by atoms with van der Waals surface area (Å²) in [5.41, 5.74) is 0. The van der Waals surface area contributed by atoms with Crippen molar-refractivity contribution in [3.05, 3.63) is 19.2 Å². The van der Waals surface area contributed by atoms with E-state index in [0.29, 0.717) is 4.88 Å². The number of carbonyl (C=O) groups is 1. The summed E-state index contributed by atoms with van der Waals surface area (Å²) in [6.07, 6.45) is -4.70. The average Bonchev–Trinajstić information content (AvgIpc) is 2.55. The minimum Gasteiger partial charge on any atom is -0.385 e. The lowest BCUT2D eigenvalue weighted by molar-refractivity contribution is -0.00268. The van der Waals surface area contributed by atoms with Crippen LogP contribution in [-0.4, -0.2) is 30.1 Å². The molecule has 0 bridgehead atoms. The number of aliphatic hydroxyl groups excluding tert-OH is 1. The van der Waals surface area contributed by atoms with Crippen LogP contribution in [-0.2, 0) is 0 Å². The number of nitrogens with one attached hydrogen (secondary N) is 1. The van der Waals surface area contributed by atoms with Crippen LogP contribution in [0.15, 0.2) is 14.3 Å². The molecule has 1 aromatic rings. The molecule has 8 heteroatoms. The third kappa shape index (κ3) is 3.76. The highest BCUT2D eigenvalue weighted by Gasteiger charge is 2.19. The number of hydrogen-bond acceptors (Lipinski definition) is 3. The summed E-state index contributed by atoms with van der Waals surface area (Å²) in [5.74, 6) is -0.490. The zero-order valence-electron chi connectivity index (χ0n) is 7.71. The third-order valence-electron chi connectivity index (χ3n) is 1.63. The highest BCUT2D eigenvalue weighted by atomic mass is 79.9. The largest absolute Gasteiger partial charge is 0.385 e. The molecule has 1 atom stereocenters. The number of hydrogen-bond donors (Lipinski definition) is 2. The smallest absolute Gasteiger partial charge is 0.265 e. The Morgan fingerprint density at radius 2 is 2.19 bits per heavy atom. The van der Waals surface area contributed by atoms with Crippen molar-refractivity contribution in [3.8, 4) is 0 Å². The number of carbonyl (C=O) groups excluding carboxylic acids is 1. The van der Waals surface area contributed by atoms with Crippen molar-refractivity contribution >= 4 is 49.1 Å². The second-order valence-corrected chi connectivity index (χ2v) is 6.07. The van der Waals surface area contributed by atoms with E-state index < -0.39 is 25.0 Å². The van der Waals surface area contributed by atoms with Gasteiger partial charge in [-0.2, -0.15) is 0 Å². The van der Waals surface area contributed by atoms with Gasteiger partial charge in [0, 0.05) is 11.0 Å². The molecule has 0 aliphatic rings. The molecule has 0 aliphatic carbocycles. The Labute approximate surface area is 111 Å². The molecule has 0 saturated heterocycles. The zero-order chi connectivity index (χ0) is 12.3. The van der Waals surface area contributed by atoms with Crippen molar-refractivity contribution in [2.24, 2.45) is 0 Å². The van der Waals surface area contributed by atoms with E-state index in [2.05, 4.69) is 37.2 Å². The standard InChI is InChI=1S/C8H7Br2F2NO2S/c9-3-1-5(16-6(3)10)8(15)13-2-4(14)7(11)12/h1,4,7,14H,2H2,(H,13,15). The Balaban J connectivity index is 2.53. The molecule has 0 spiro atoms. The van der Waals surface area contributed by atoms with Gasteiger partial charge < -0.3 is 10.4 Å².